The van der Waals surface area contributed by atoms with E-state index in [9.17, 15) is 39.3 Å². The Hall–Kier alpha value is -5.44. The number of aliphatic hydroxyl groups excluding tert-OH is 3. The van der Waals surface area contributed by atoms with Gasteiger partial charge in [-0.25, -0.2) is 0 Å². The normalized spacial score (nSPS) is 27.3. The van der Waals surface area contributed by atoms with E-state index in [0.29, 0.717) is 37.9 Å². The Kier molecular flexibility index (Phi) is 19.0. The van der Waals surface area contributed by atoms with Gasteiger partial charge in [0.05, 0.1) is 12.1 Å². The number of ketones is 1. The van der Waals surface area contributed by atoms with Gasteiger partial charge in [-0.05, 0) is 62.3 Å². The van der Waals surface area contributed by atoms with Gasteiger partial charge in [0.15, 0.2) is 5.96 Å². The van der Waals surface area contributed by atoms with Crippen LogP contribution in [0.1, 0.15) is 75.8 Å². The van der Waals surface area contributed by atoms with Crippen LogP contribution in [0.25, 0.3) is 10.9 Å². The van der Waals surface area contributed by atoms with Crippen LogP contribution in [0, 0.1) is 11.3 Å². The highest BCUT2D eigenvalue weighted by Crippen LogP contribution is 2.24. The lowest BCUT2D eigenvalue weighted by Crippen LogP contribution is -2.61. The summed E-state index contributed by atoms with van der Waals surface area (Å²) < 4.78 is 0. The maximum absolute atomic E-state index is 14.5. The lowest BCUT2D eigenvalue weighted by Gasteiger charge is -2.32. The van der Waals surface area contributed by atoms with Gasteiger partial charge in [0.2, 0.25) is 23.6 Å². The highest BCUT2D eigenvalue weighted by atomic mass is 16.3. The lowest BCUT2D eigenvalue weighted by atomic mass is 10.00. The monoisotopic (exact) mass is 890 g/mol. The number of benzene rings is 2. The number of fused-ring (bicyclic) bond motifs is 2. The van der Waals surface area contributed by atoms with Crippen LogP contribution in [0.3, 0.4) is 0 Å². The standard InChI is InChI=1S/C45H67N11O8/c1-27-16-17-30(57)18-21-49-19-8-7-14-34(39(46)59)52-42(62)37(23-29-25-51-33-13-6-5-12-32(29)33)54-40(60)35(15-9-20-50-45(47)48)53-41(61)36(22-28-10-3-2-4-11-28)55-43(63)38-24-31(58)26-56(38)44(27)64/h2-6,10-13,25,27,31,34-39,42,49,51-52,58-59,62H,7-9,14-24,26,46H2,1H3,(H,53,61)(H,54,60)(H,55,63)(H4,47,48,50)/t27-,31+,34?,35-,36+,37-,38-,39?,42?/m0/s1. The first-order valence-corrected chi connectivity index (χ1v) is 22.4. The molecule has 3 unspecified atom stereocenters. The van der Waals surface area contributed by atoms with Crippen LogP contribution in [-0.2, 0) is 36.8 Å². The number of hydrogen-bond acceptors (Lipinski definition) is 12. The van der Waals surface area contributed by atoms with Crippen molar-refractivity contribution < 1.29 is 39.3 Å². The van der Waals surface area contributed by atoms with Crippen molar-refractivity contribution in [3.63, 3.8) is 0 Å². The lowest BCUT2D eigenvalue weighted by molar-refractivity contribution is -0.142. The number of nitrogens with zero attached hydrogens (tertiary/aromatic N) is 1. The molecule has 2 aliphatic heterocycles. The smallest absolute Gasteiger partial charge is 0.243 e. The SMILES string of the molecule is C[C@H]1CCC(=O)CCNCCCCC(C(N)O)NC(O)[C@H](Cc2c[nH]c3ccccc23)NC(=O)[C@H](CCCNC(=N)N)NC(=O)[C@@H](Cc2ccccc2)NC(=O)[C@@H]2C[C@@H](O)CN2C1=O. The van der Waals surface area contributed by atoms with Gasteiger partial charge >= 0.3 is 0 Å². The molecule has 5 rings (SSSR count). The summed E-state index contributed by atoms with van der Waals surface area (Å²) in [4.78, 5) is 74.2. The van der Waals surface area contributed by atoms with E-state index in [0.717, 1.165) is 16.5 Å². The van der Waals surface area contributed by atoms with E-state index in [4.69, 9.17) is 16.9 Å². The van der Waals surface area contributed by atoms with Crippen LogP contribution < -0.4 is 43.4 Å². The average Bonchev–Trinajstić information content (AvgIpc) is 3.87. The molecule has 3 heterocycles. The number of nitrogens with one attached hydrogen (secondary N) is 8. The molecular formula is C45H67N11O8. The summed E-state index contributed by atoms with van der Waals surface area (Å²) in [6.45, 7) is 2.82. The van der Waals surface area contributed by atoms with Gasteiger partial charge in [-0.2, -0.15) is 0 Å². The quantitative estimate of drug-likeness (QED) is 0.0550. The fraction of sp³-hybridized carbons (Fsp3) is 0.556. The molecular weight excluding hydrogens is 823 g/mol. The van der Waals surface area contributed by atoms with Gasteiger partial charge < -0.3 is 63.3 Å². The number of aliphatic hydroxyl groups is 3. The number of aromatic amines is 1. The van der Waals surface area contributed by atoms with Crippen LogP contribution >= 0.6 is 0 Å². The average molecular weight is 890 g/mol. The molecule has 2 aromatic carbocycles. The molecule has 0 radical (unpaired) electrons. The zero-order valence-corrected chi connectivity index (χ0v) is 36.6. The molecule has 350 valence electrons. The van der Waals surface area contributed by atoms with Crippen molar-refractivity contribution >= 4 is 46.3 Å². The largest absolute Gasteiger partial charge is 0.391 e. The zero-order valence-electron chi connectivity index (χ0n) is 36.6. The molecule has 0 bridgehead atoms. The molecule has 2 fully saturated rings. The van der Waals surface area contributed by atoms with E-state index in [1.165, 1.54) is 4.90 Å². The number of nitrogens with two attached hydrogens (primary N) is 2. The predicted octanol–water partition coefficient (Wildman–Crippen LogP) is -0.665. The maximum Gasteiger partial charge on any atom is 0.243 e. The van der Waals surface area contributed by atoms with Crippen molar-refractivity contribution in [2.75, 3.05) is 26.2 Å². The molecule has 0 spiro atoms. The molecule has 4 amide bonds. The van der Waals surface area contributed by atoms with Gasteiger partial charge in [-0.1, -0.05) is 61.9 Å². The summed E-state index contributed by atoms with van der Waals surface area (Å²) in [5.41, 5.74) is 13.9. The minimum atomic E-state index is -1.43. The van der Waals surface area contributed by atoms with Crippen LogP contribution in [0.15, 0.2) is 60.8 Å². The van der Waals surface area contributed by atoms with E-state index in [1.54, 1.807) is 37.4 Å². The number of guanidine groups is 1. The molecule has 19 nitrogen and oxygen atoms in total. The minimum Gasteiger partial charge on any atom is -0.391 e. The molecule has 2 aliphatic rings. The molecule has 2 saturated heterocycles. The molecule has 3 aromatic rings. The first kappa shape index (κ1) is 49.6. The number of carbonyl (C=O) groups excluding carboxylic acids is 5. The second-order valence-corrected chi connectivity index (χ2v) is 17.1. The second-order valence-electron chi connectivity index (χ2n) is 17.1. The zero-order chi connectivity index (χ0) is 46.2. The fourth-order valence-corrected chi connectivity index (χ4v) is 8.33. The summed E-state index contributed by atoms with van der Waals surface area (Å²) in [7, 11) is 0. The van der Waals surface area contributed by atoms with Crippen LogP contribution in [0.2, 0.25) is 0 Å². The minimum absolute atomic E-state index is 0.0177. The third kappa shape index (κ3) is 14.8. The van der Waals surface area contributed by atoms with Crippen molar-refractivity contribution in [3.8, 4) is 0 Å². The van der Waals surface area contributed by atoms with E-state index in [-0.39, 0.29) is 82.1 Å². The summed E-state index contributed by atoms with van der Waals surface area (Å²) in [5, 5.41) is 59.2. The van der Waals surface area contributed by atoms with Gasteiger partial charge in [0.25, 0.3) is 0 Å². The Morgan fingerprint density at radius 2 is 1.61 bits per heavy atom. The van der Waals surface area contributed by atoms with E-state index in [2.05, 4.69) is 36.9 Å². The van der Waals surface area contributed by atoms with E-state index < -0.39 is 72.4 Å². The first-order chi connectivity index (χ1) is 30.7. The van der Waals surface area contributed by atoms with Gasteiger partial charge in [-0.3, -0.25) is 34.7 Å². The van der Waals surface area contributed by atoms with Crippen LogP contribution in [0.5, 0.6) is 0 Å². The van der Waals surface area contributed by atoms with Gasteiger partial charge in [0, 0.05) is 74.4 Å². The molecule has 9 atom stereocenters. The highest BCUT2D eigenvalue weighted by Gasteiger charge is 2.42. The summed E-state index contributed by atoms with van der Waals surface area (Å²) in [5.74, 6) is -3.30. The number of rotatable bonds is 9. The highest BCUT2D eigenvalue weighted by molar-refractivity contribution is 5.95. The summed E-state index contributed by atoms with van der Waals surface area (Å²) in [6.07, 6.45) is 0.770. The molecule has 0 aliphatic carbocycles. The Morgan fingerprint density at radius 3 is 2.36 bits per heavy atom. The molecule has 64 heavy (non-hydrogen) atoms. The van der Waals surface area contributed by atoms with Crippen LogP contribution in [0.4, 0.5) is 0 Å². The third-order valence-corrected chi connectivity index (χ3v) is 12.0. The Morgan fingerprint density at radius 1 is 0.891 bits per heavy atom. The Balaban J connectivity index is 1.47. The van der Waals surface area contributed by atoms with Crippen molar-refractivity contribution in [2.45, 2.75) is 126 Å². The van der Waals surface area contributed by atoms with E-state index in [1.807, 2.05) is 30.3 Å². The van der Waals surface area contributed by atoms with Crippen molar-refractivity contribution in [2.24, 2.45) is 17.4 Å². The number of Topliss-reactive ketones (excluding diaryl/α,β-unsaturated/α-hetero) is 1. The summed E-state index contributed by atoms with van der Waals surface area (Å²) >= 11 is 0. The summed E-state index contributed by atoms with van der Waals surface area (Å²) in [6, 6.07) is 11.2. The number of hydrogen-bond donors (Lipinski definition) is 13. The van der Waals surface area contributed by atoms with Crippen molar-refractivity contribution in [3.05, 3.63) is 71.9 Å². The molecule has 15 N–H and O–H groups in total. The van der Waals surface area contributed by atoms with Crippen molar-refractivity contribution in [1.29, 1.82) is 5.41 Å². The maximum atomic E-state index is 14.5. The van der Waals surface area contributed by atoms with Crippen LogP contribution in [-0.4, -0.2) is 136 Å². The number of carbonyl (C=O) groups is 5. The second kappa shape index (κ2) is 24.6. The number of amides is 4. The first-order valence-electron chi connectivity index (χ1n) is 22.4. The van der Waals surface area contributed by atoms with E-state index >= 15 is 0 Å². The molecule has 1 aromatic heterocycles. The Bertz CT molecular complexity index is 2020. The predicted molar refractivity (Wildman–Crippen MR) is 241 cm³/mol. The van der Waals surface area contributed by atoms with Crippen molar-refractivity contribution in [1.82, 2.24) is 41.8 Å². The fourth-order valence-electron chi connectivity index (χ4n) is 8.33. The Labute approximate surface area is 373 Å². The van der Waals surface area contributed by atoms with Gasteiger partial charge in [0.1, 0.15) is 36.4 Å². The number of para-hydroxylation sites is 1. The van der Waals surface area contributed by atoms with Gasteiger partial charge in [-0.15, -0.1) is 0 Å². The third-order valence-electron chi connectivity index (χ3n) is 12.0. The number of aromatic nitrogens is 1. The topological polar surface area (TPSA) is 313 Å². The number of H-pyrrole nitrogens is 1. The molecule has 19 heteroatoms. The molecule has 0 saturated carbocycles.